The first-order valence-corrected chi connectivity index (χ1v) is 9.99. The summed E-state index contributed by atoms with van der Waals surface area (Å²) in [5, 5.41) is 0. The second-order valence-corrected chi connectivity index (χ2v) is 8.06. The van der Waals surface area contributed by atoms with Gasteiger partial charge >= 0.3 is 0 Å². The zero-order chi connectivity index (χ0) is 16.7. The molecule has 130 valence electrons. The van der Waals surface area contributed by atoms with Crippen molar-refractivity contribution in [1.29, 1.82) is 0 Å². The Bertz CT molecular complexity index is 564. The molecule has 1 aromatic rings. The molecule has 0 bridgehead atoms. The first-order valence-electron chi connectivity index (χ1n) is 8.51. The van der Waals surface area contributed by atoms with Gasteiger partial charge in [-0.05, 0) is 44.1 Å². The molecule has 0 aromatic heterocycles. The third kappa shape index (κ3) is 5.88. The van der Waals surface area contributed by atoms with Crippen LogP contribution in [0.2, 0.25) is 0 Å². The largest absolute Gasteiger partial charge is 0.304 e. The molecule has 0 unspecified atom stereocenters. The summed E-state index contributed by atoms with van der Waals surface area (Å²) >= 11 is 0. The van der Waals surface area contributed by atoms with E-state index in [0.29, 0.717) is 11.4 Å². The summed E-state index contributed by atoms with van der Waals surface area (Å²) in [7, 11) is -1.24. The second-order valence-electron chi connectivity index (χ2n) is 6.29. The van der Waals surface area contributed by atoms with E-state index in [2.05, 4.69) is 28.5 Å². The molecule has 5 nitrogen and oxygen atoms in total. The minimum Gasteiger partial charge on any atom is -0.304 e. The van der Waals surface area contributed by atoms with Gasteiger partial charge in [0.1, 0.15) is 0 Å². The first-order chi connectivity index (χ1) is 11.0. The lowest BCUT2D eigenvalue weighted by molar-refractivity contribution is 0.153. The fourth-order valence-corrected chi connectivity index (χ4v) is 3.86. The van der Waals surface area contributed by atoms with Gasteiger partial charge in [0.2, 0.25) is 10.0 Å². The molecule has 1 aromatic carbocycles. The molecule has 0 radical (unpaired) electrons. The summed E-state index contributed by atoms with van der Waals surface area (Å²) in [6.45, 7) is 7.89. The minimum absolute atomic E-state index is 0.358. The number of nitrogens with one attached hydrogen (secondary N) is 1. The van der Waals surface area contributed by atoms with E-state index in [-0.39, 0.29) is 0 Å². The lowest BCUT2D eigenvalue weighted by Gasteiger charge is -2.32. The third-order valence-corrected chi connectivity index (χ3v) is 5.79. The number of benzene rings is 1. The van der Waals surface area contributed by atoms with Gasteiger partial charge in [-0.15, -0.1) is 0 Å². The fourth-order valence-electron chi connectivity index (χ4n) is 2.79. The summed E-state index contributed by atoms with van der Waals surface area (Å²) in [5.41, 5.74) is 1.18. The highest BCUT2D eigenvalue weighted by Gasteiger charge is 2.15. The molecule has 0 aliphatic carbocycles. The lowest BCUT2D eigenvalue weighted by Crippen LogP contribution is -2.45. The number of aryl methyl sites for hydroxylation is 1. The van der Waals surface area contributed by atoms with E-state index < -0.39 is 10.0 Å². The number of rotatable bonds is 8. The van der Waals surface area contributed by atoms with E-state index in [1.54, 1.807) is 12.1 Å². The number of hydrogen-bond donors (Lipinski definition) is 1. The van der Waals surface area contributed by atoms with Crippen molar-refractivity contribution in [2.75, 3.05) is 46.3 Å². The van der Waals surface area contributed by atoms with Crippen LogP contribution in [0.5, 0.6) is 0 Å². The molecular formula is C17H29N3O2S. The van der Waals surface area contributed by atoms with Crippen molar-refractivity contribution < 1.29 is 8.42 Å². The molecule has 0 amide bonds. The van der Waals surface area contributed by atoms with Crippen LogP contribution in [0.1, 0.15) is 25.3 Å². The first kappa shape index (κ1) is 18.4. The molecule has 0 spiro atoms. The van der Waals surface area contributed by atoms with Crippen LogP contribution in [-0.2, 0) is 16.4 Å². The van der Waals surface area contributed by atoms with Crippen LogP contribution < -0.4 is 4.72 Å². The van der Waals surface area contributed by atoms with Crippen molar-refractivity contribution in [3.05, 3.63) is 29.8 Å². The topological polar surface area (TPSA) is 52.7 Å². The molecule has 0 atom stereocenters. The summed E-state index contributed by atoms with van der Waals surface area (Å²) in [6, 6.07) is 7.21. The maximum Gasteiger partial charge on any atom is 0.240 e. The zero-order valence-corrected chi connectivity index (χ0v) is 15.1. The van der Waals surface area contributed by atoms with Crippen LogP contribution >= 0.6 is 0 Å². The van der Waals surface area contributed by atoms with Crippen LogP contribution in [0.4, 0.5) is 0 Å². The van der Waals surface area contributed by atoms with Crippen LogP contribution in [0.3, 0.4) is 0 Å². The van der Waals surface area contributed by atoms with E-state index in [1.165, 1.54) is 5.56 Å². The van der Waals surface area contributed by atoms with Gasteiger partial charge in [0, 0.05) is 32.7 Å². The molecule has 1 N–H and O–H groups in total. The molecule has 1 saturated heterocycles. The Morgan fingerprint density at radius 1 is 1.09 bits per heavy atom. The predicted octanol–water partition coefficient (Wildman–Crippen LogP) is 1.55. The van der Waals surface area contributed by atoms with Crippen LogP contribution in [0.15, 0.2) is 29.2 Å². The summed E-state index contributed by atoms with van der Waals surface area (Å²) in [5.74, 6) is 0. The van der Waals surface area contributed by atoms with E-state index >= 15 is 0 Å². The molecule has 23 heavy (non-hydrogen) atoms. The van der Waals surface area contributed by atoms with Gasteiger partial charge in [-0.25, -0.2) is 13.1 Å². The molecule has 1 fully saturated rings. The monoisotopic (exact) mass is 339 g/mol. The molecular weight excluding hydrogens is 310 g/mol. The maximum atomic E-state index is 12.3. The Morgan fingerprint density at radius 2 is 1.74 bits per heavy atom. The number of hydrogen-bond acceptors (Lipinski definition) is 4. The van der Waals surface area contributed by atoms with Crippen LogP contribution in [-0.4, -0.2) is 64.5 Å². The Hall–Kier alpha value is -0.950. The van der Waals surface area contributed by atoms with Crippen molar-refractivity contribution in [1.82, 2.24) is 14.5 Å². The summed E-state index contributed by atoms with van der Waals surface area (Å²) in [6.07, 6.45) is 2.90. The number of nitrogens with zero attached hydrogens (tertiary/aromatic N) is 2. The summed E-state index contributed by atoms with van der Waals surface area (Å²) in [4.78, 5) is 5.08. The standard InChI is InChI=1S/C17H29N3O2S/c1-3-5-16-6-8-17(9-7-16)23(21,22)18-10-4-11-20-14-12-19(2)13-15-20/h6-9,18H,3-5,10-15H2,1-2H3. The summed E-state index contributed by atoms with van der Waals surface area (Å²) < 4.78 is 27.2. The molecule has 1 heterocycles. The third-order valence-electron chi connectivity index (χ3n) is 4.31. The van der Waals surface area contributed by atoms with Gasteiger partial charge in [0.25, 0.3) is 0 Å². The predicted molar refractivity (Wildman–Crippen MR) is 94.2 cm³/mol. The highest BCUT2D eigenvalue weighted by Crippen LogP contribution is 2.11. The SMILES string of the molecule is CCCc1ccc(S(=O)(=O)NCCCN2CCN(C)CC2)cc1. The van der Waals surface area contributed by atoms with E-state index in [4.69, 9.17) is 0 Å². The lowest BCUT2D eigenvalue weighted by atomic mass is 10.1. The van der Waals surface area contributed by atoms with Crippen molar-refractivity contribution in [2.24, 2.45) is 0 Å². The van der Waals surface area contributed by atoms with Gasteiger partial charge in [0.15, 0.2) is 0 Å². The van der Waals surface area contributed by atoms with Gasteiger partial charge in [-0.3, -0.25) is 0 Å². The quantitative estimate of drug-likeness (QED) is 0.730. The Labute approximate surface area is 140 Å². The molecule has 2 rings (SSSR count). The van der Waals surface area contributed by atoms with E-state index in [1.807, 2.05) is 12.1 Å². The minimum atomic E-state index is -3.38. The van der Waals surface area contributed by atoms with Crippen LogP contribution in [0, 0.1) is 0 Å². The van der Waals surface area contributed by atoms with Crippen molar-refractivity contribution >= 4 is 10.0 Å². The Kier molecular flexibility index (Phi) is 7.02. The van der Waals surface area contributed by atoms with Gasteiger partial charge in [-0.1, -0.05) is 25.5 Å². The number of piperazine rings is 1. The highest BCUT2D eigenvalue weighted by atomic mass is 32.2. The maximum absolute atomic E-state index is 12.3. The zero-order valence-electron chi connectivity index (χ0n) is 14.3. The average Bonchev–Trinajstić information content (AvgIpc) is 2.54. The average molecular weight is 340 g/mol. The molecule has 1 aliphatic rings. The van der Waals surface area contributed by atoms with Crippen molar-refractivity contribution in [3.63, 3.8) is 0 Å². The van der Waals surface area contributed by atoms with Gasteiger partial charge in [-0.2, -0.15) is 0 Å². The number of sulfonamides is 1. The smallest absolute Gasteiger partial charge is 0.240 e. The van der Waals surface area contributed by atoms with Gasteiger partial charge in [0.05, 0.1) is 4.90 Å². The fraction of sp³-hybridized carbons (Fsp3) is 0.647. The number of likely N-dealkylation sites (N-methyl/N-ethyl adjacent to an activating group) is 1. The molecule has 6 heteroatoms. The molecule has 0 saturated carbocycles. The van der Waals surface area contributed by atoms with Crippen LogP contribution in [0.25, 0.3) is 0 Å². The van der Waals surface area contributed by atoms with Gasteiger partial charge < -0.3 is 9.80 Å². The Morgan fingerprint density at radius 3 is 2.35 bits per heavy atom. The van der Waals surface area contributed by atoms with E-state index in [9.17, 15) is 8.42 Å². The molecule has 1 aliphatic heterocycles. The second kappa shape index (κ2) is 8.78. The normalized spacial score (nSPS) is 17.5. The van der Waals surface area contributed by atoms with Crippen molar-refractivity contribution in [3.8, 4) is 0 Å². The Balaban J connectivity index is 1.75. The van der Waals surface area contributed by atoms with Crippen molar-refractivity contribution in [2.45, 2.75) is 31.1 Å². The van der Waals surface area contributed by atoms with E-state index in [0.717, 1.165) is 52.0 Å². The highest BCUT2D eigenvalue weighted by molar-refractivity contribution is 7.89.